The smallest absolute Gasteiger partial charge is 0.248 e. The van der Waals surface area contributed by atoms with Gasteiger partial charge < -0.3 is 10.2 Å². The summed E-state index contributed by atoms with van der Waals surface area (Å²) >= 11 is 1.85. The minimum atomic E-state index is -0.719. The van der Waals surface area contributed by atoms with Crippen LogP contribution in [0, 0.1) is 0 Å². The lowest BCUT2D eigenvalue weighted by Crippen LogP contribution is -2.68. The first kappa shape index (κ1) is 16.3. The Morgan fingerprint density at radius 2 is 2.00 bits per heavy atom. The fourth-order valence-electron chi connectivity index (χ4n) is 2.30. The number of carbonyl (C=O) groups is 2. The molecule has 2 unspecified atom stereocenters. The number of hydrogen-bond acceptors (Lipinski definition) is 3. The van der Waals surface area contributed by atoms with Crippen LogP contribution >= 0.6 is 11.8 Å². The molecule has 1 rings (SSSR count). The van der Waals surface area contributed by atoms with Crippen molar-refractivity contribution in [2.45, 2.75) is 58.0 Å². The summed E-state index contributed by atoms with van der Waals surface area (Å²) in [6.45, 7) is 6.26. The molecule has 1 aliphatic rings. The number of piperazine rings is 1. The van der Waals surface area contributed by atoms with Gasteiger partial charge in [-0.2, -0.15) is 11.8 Å². The van der Waals surface area contributed by atoms with Crippen molar-refractivity contribution < 1.29 is 9.59 Å². The summed E-state index contributed by atoms with van der Waals surface area (Å²) < 4.78 is 0. The first-order valence-electron chi connectivity index (χ1n) is 7.08. The molecule has 0 saturated carbocycles. The molecule has 0 bridgehead atoms. The fraction of sp³-hybridized carbons (Fsp3) is 0.857. The van der Waals surface area contributed by atoms with E-state index in [-0.39, 0.29) is 17.9 Å². The number of hydrogen-bond donors (Lipinski definition) is 1. The molecule has 0 aromatic rings. The lowest BCUT2D eigenvalue weighted by Gasteiger charge is -2.43. The second-order valence-corrected chi connectivity index (χ2v) is 6.39. The lowest BCUT2D eigenvalue weighted by atomic mass is 9.92. The molecule has 5 heteroatoms. The molecule has 1 heterocycles. The van der Waals surface area contributed by atoms with E-state index in [1.54, 1.807) is 4.90 Å². The van der Waals surface area contributed by atoms with Gasteiger partial charge in [0.15, 0.2) is 0 Å². The molecule has 4 nitrogen and oxygen atoms in total. The maximum absolute atomic E-state index is 12.5. The Bertz CT molecular complexity index is 335. The van der Waals surface area contributed by atoms with Crippen molar-refractivity contribution in [3.63, 3.8) is 0 Å². The normalized spacial score (nSPS) is 27.6. The van der Waals surface area contributed by atoms with Gasteiger partial charge in [-0.1, -0.05) is 13.3 Å². The van der Waals surface area contributed by atoms with Gasteiger partial charge in [-0.25, -0.2) is 0 Å². The van der Waals surface area contributed by atoms with Crippen LogP contribution in [-0.2, 0) is 9.59 Å². The molecule has 1 N–H and O–H groups in total. The highest BCUT2D eigenvalue weighted by Crippen LogP contribution is 2.21. The first-order valence-corrected chi connectivity index (χ1v) is 8.47. The zero-order chi connectivity index (χ0) is 14.5. The van der Waals surface area contributed by atoms with Crippen molar-refractivity contribution in [3.8, 4) is 0 Å². The van der Waals surface area contributed by atoms with Crippen LogP contribution in [0.3, 0.4) is 0 Å². The van der Waals surface area contributed by atoms with Crippen LogP contribution in [-0.4, -0.2) is 46.8 Å². The maximum atomic E-state index is 12.5. The average Bonchev–Trinajstić information content (AvgIpc) is 2.40. The van der Waals surface area contributed by atoms with Gasteiger partial charge in [0.25, 0.3) is 0 Å². The van der Waals surface area contributed by atoms with E-state index in [1.165, 1.54) is 6.42 Å². The van der Waals surface area contributed by atoms with Crippen LogP contribution in [0.2, 0.25) is 0 Å². The van der Waals surface area contributed by atoms with Crippen molar-refractivity contribution in [3.05, 3.63) is 0 Å². The Morgan fingerprint density at radius 1 is 1.32 bits per heavy atom. The number of amides is 2. The molecule has 2 amide bonds. The molecule has 0 aromatic heterocycles. The number of nitrogens with zero attached hydrogens (tertiary/aromatic N) is 1. The fourth-order valence-corrected chi connectivity index (χ4v) is 2.80. The molecule has 0 aliphatic carbocycles. The average molecular weight is 286 g/mol. The number of thioether (sulfide) groups is 1. The van der Waals surface area contributed by atoms with Crippen LogP contribution in [0.4, 0.5) is 0 Å². The van der Waals surface area contributed by atoms with Gasteiger partial charge >= 0.3 is 0 Å². The van der Waals surface area contributed by atoms with Gasteiger partial charge in [-0.05, 0) is 45.1 Å². The predicted molar refractivity (Wildman–Crippen MR) is 80.2 cm³/mol. The third-order valence-electron chi connectivity index (χ3n) is 3.93. The van der Waals surface area contributed by atoms with Crippen LogP contribution in [0.15, 0.2) is 0 Å². The molecule has 0 radical (unpaired) electrons. The molecule has 0 spiro atoms. The monoisotopic (exact) mass is 286 g/mol. The molecule has 0 aromatic carbocycles. The minimum absolute atomic E-state index is 0.0342. The van der Waals surface area contributed by atoms with Crippen molar-refractivity contribution in [2.75, 3.05) is 18.6 Å². The van der Waals surface area contributed by atoms with Gasteiger partial charge in [0.2, 0.25) is 11.8 Å². The van der Waals surface area contributed by atoms with E-state index >= 15 is 0 Å². The highest BCUT2D eigenvalue weighted by Gasteiger charge is 2.44. The number of unbranched alkanes of at least 4 members (excludes halogenated alkanes) is 2. The Hall–Kier alpha value is -0.710. The summed E-state index contributed by atoms with van der Waals surface area (Å²) in [6, 6.07) is -0.340. The molecule has 2 atom stereocenters. The van der Waals surface area contributed by atoms with Gasteiger partial charge in [-0.15, -0.1) is 0 Å². The third kappa shape index (κ3) is 3.88. The SMILES string of the molecule is CCC1(C)NC(=O)C(C)N(CCCCCSC)C1=O. The molecular formula is C14H26N2O2S. The van der Waals surface area contributed by atoms with Crippen LogP contribution in [0.1, 0.15) is 46.5 Å². The third-order valence-corrected chi connectivity index (χ3v) is 4.63. The van der Waals surface area contributed by atoms with E-state index in [2.05, 4.69) is 11.6 Å². The molecule has 110 valence electrons. The van der Waals surface area contributed by atoms with E-state index in [1.807, 2.05) is 32.5 Å². The molecular weight excluding hydrogens is 260 g/mol. The second kappa shape index (κ2) is 7.17. The van der Waals surface area contributed by atoms with E-state index in [4.69, 9.17) is 0 Å². The predicted octanol–water partition coefficient (Wildman–Crippen LogP) is 2.04. The summed E-state index contributed by atoms with van der Waals surface area (Å²) in [5.74, 6) is 1.19. The van der Waals surface area contributed by atoms with E-state index in [0.717, 1.165) is 18.6 Å². The van der Waals surface area contributed by atoms with E-state index < -0.39 is 5.54 Å². The standard InChI is InChI=1S/C14H26N2O2S/c1-5-14(3)13(18)16(11(2)12(17)15-14)9-7-6-8-10-19-4/h11H,5-10H2,1-4H3,(H,15,17). The maximum Gasteiger partial charge on any atom is 0.248 e. The Balaban J connectivity index is 2.58. The quantitative estimate of drug-likeness (QED) is 0.729. The second-order valence-electron chi connectivity index (χ2n) is 5.40. The van der Waals surface area contributed by atoms with Crippen molar-refractivity contribution in [1.82, 2.24) is 10.2 Å². The van der Waals surface area contributed by atoms with E-state index in [0.29, 0.717) is 13.0 Å². The molecule has 19 heavy (non-hydrogen) atoms. The lowest BCUT2D eigenvalue weighted by molar-refractivity contribution is -0.153. The summed E-state index contributed by atoms with van der Waals surface area (Å²) in [7, 11) is 0. The Morgan fingerprint density at radius 3 is 2.58 bits per heavy atom. The van der Waals surface area contributed by atoms with Gasteiger partial charge in [-0.3, -0.25) is 9.59 Å². The number of carbonyl (C=O) groups excluding carboxylic acids is 2. The molecule has 1 aliphatic heterocycles. The van der Waals surface area contributed by atoms with Crippen LogP contribution in [0.5, 0.6) is 0 Å². The first-order chi connectivity index (χ1) is 8.96. The van der Waals surface area contributed by atoms with Crippen molar-refractivity contribution in [2.24, 2.45) is 0 Å². The topological polar surface area (TPSA) is 49.4 Å². The van der Waals surface area contributed by atoms with Crippen molar-refractivity contribution >= 4 is 23.6 Å². The number of rotatable bonds is 7. The molecule has 1 saturated heterocycles. The summed E-state index contributed by atoms with van der Waals surface area (Å²) in [6.07, 6.45) is 6.00. The molecule has 1 fully saturated rings. The summed E-state index contributed by atoms with van der Waals surface area (Å²) in [5, 5.41) is 2.85. The van der Waals surface area contributed by atoms with Crippen LogP contribution in [0.25, 0.3) is 0 Å². The largest absolute Gasteiger partial charge is 0.340 e. The van der Waals surface area contributed by atoms with Gasteiger partial charge in [0.1, 0.15) is 11.6 Å². The van der Waals surface area contributed by atoms with Gasteiger partial charge in [0.05, 0.1) is 0 Å². The zero-order valence-electron chi connectivity index (χ0n) is 12.5. The van der Waals surface area contributed by atoms with Crippen LogP contribution < -0.4 is 5.32 Å². The Kier molecular flexibility index (Phi) is 6.17. The zero-order valence-corrected chi connectivity index (χ0v) is 13.3. The Labute approximate surface area is 120 Å². The summed E-state index contributed by atoms with van der Waals surface area (Å²) in [5.41, 5.74) is -0.719. The van der Waals surface area contributed by atoms with Gasteiger partial charge in [0, 0.05) is 6.54 Å². The number of nitrogens with one attached hydrogen (secondary N) is 1. The highest BCUT2D eigenvalue weighted by atomic mass is 32.2. The summed E-state index contributed by atoms with van der Waals surface area (Å²) in [4.78, 5) is 26.2. The van der Waals surface area contributed by atoms with Crippen molar-refractivity contribution in [1.29, 1.82) is 0 Å². The minimum Gasteiger partial charge on any atom is -0.340 e. The van der Waals surface area contributed by atoms with E-state index in [9.17, 15) is 9.59 Å². The highest BCUT2D eigenvalue weighted by molar-refractivity contribution is 7.98.